The quantitative estimate of drug-likeness (QED) is 0.855. The predicted molar refractivity (Wildman–Crippen MR) is 64.3 cm³/mol. The first-order valence-electron chi connectivity index (χ1n) is 5.86. The number of halogens is 1. The highest BCUT2D eigenvalue weighted by Crippen LogP contribution is 2.16. The minimum atomic E-state index is -1.03. The fourth-order valence-electron chi connectivity index (χ4n) is 2.00. The van der Waals surface area contributed by atoms with Crippen LogP contribution < -0.4 is 5.32 Å². The maximum Gasteiger partial charge on any atom is 0.311 e. The number of aryl methyl sites for hydroxylation is 1. The molecule has 1 aliphatic heterocycles. The van der Waals surface area contributed by atoms with Gasteiger partial charge in [-0.05, 0) is 19.1 Å². The Kier molecular flexibility index (Phi) is 3.80. The van der Waals surface area contributed by atoms with Crippen molar-refractivity contribution in [3.63, 3.8) is 0 Å². The van der Waals surface area contributed by atoms with Crippen LogP contribution in [0.25, 0.3) is 0 Å². The van der Waals surface area contributed by atoms with E-state index in [1.54, 1.807) is 13.0 Å². The normalized spacial score (nSPS) is 22.2. The summed E-state index contributed by atoms with van der Waals surface area (Å²) >= 11 is 0. The monoisotopic (exact) mass is 267 g/mol. The molecular formula is C13H14FNO4. The summed E-state index contributed by atoms with van der Waals surface area (Å²) in [6.45, 7) is 1.92. The zero-order valence-electron chi connectivity index (χ0n) is 10.4. The van der Waals surface area contributed by atoms with Crippen LogP contribution in [0.3, 0.4) is 0 Å². The lowest BCUT2D eigenvalue weighted by molar-refractivity contribution is -0.142. The Morgan fingerprint density at radius 2 is 2.16 bits per heavy atom. The van der Waals surface area contributed by atoms with Crippen LogP contribution in [0.2, 0.25) is 0 Å². The van der Waals surface area contributed by atoms with Gasteiger partial charge in [0.1, 0.15) is 11.7 Å². The molecule has 0 aliphatic carbocycles. The van der Waals surface area contributed by atoms with Crippen molar-refractivity contribution < 1.29 is 23.8 Å². The van der Waals surface area contributed by atoms with Gasteiger partial charge in [-0.25, -0.2) is 4.39 Å². The highest BCUT2D eigenvalue weighted by Gasteiger charge is 2.35. The van der Waals surface area contributed by atoms with Gasteiger partial charge in [0.15, 0.2) is 0 Å². The molecule has 2 unspecified atom stereocenters. The Balaban J connectivity index is 2.12. The van der Waals surface area contributed by atoms with Crippen molar-refractivity contribution in [3.8, 4) is 0 Å². The lowest BCUT2D eigenvalue weighted by Crippen LogP contribution is -2.42. The van der Waals surface area contributed by atoms with Crippen molar-refractivity contribution in [2.75, 3.05) is 13.2 Å². The van der Waals surface area contributed by atoms with Crippen LogP contribution in [0.5, 0.6) is 0 Å². The molecule has 0 bridgehead atoms. The summed E-state index contributed by atoms with van der Waals surface area (Å²) in [5, 5.41) is 11.5. The molecule has 1 aromatic carbocycles. The highest BCUT2D eigenvalue weighted by molar-refractivity contribution is 5.95. The summed E-state index contributed by atoms with van der Waals surface area (Å²) in [6.07, 6.45) is 0. The zero-order chi connectivity index (χ0) is 14.0. The van der Waals surface area contributed by atoms with Crippen LogP contribution >= 0.6 is 0 Å². The fraction of sp³-hybridized carbons (Fsp3) is 0.385. The van der Waals surface area contributed by atoms with Crippen LogP contribution in [0.1, 0.15) is 15.9 Å². The van der Waals surface area contributed by atoms with E-state index < -0.39 is 29.7 Å². The molecule has 1 aromatic rings. The molecule has 0 aromatic heterocycles. The van der Waals surface area contributed by atoms with Crippen molar-refractivity contribution in [2.45, 2.75) is 13.0 Å². The number of carbonyl (C=O) groups excluding carboxylic acids is 1. The maximum absolute atomic E-state index is 13.5. The third-order valence-corrected chi connectivity index (χ3v) is 3.08. The average Bonchev–Trinajstić information content (AvgIpc) is 2.80. The Morgan fingerprint density at radius 1 is 1.42 bits per heavy atom. The smallest absolute Gasteiger partial charge is 0.311 e. The van der Waals surface area contributed by atoms with Crippen LogP contribution in [-0.4, -0.2) is 36.2 Å². The number of hydrogen-bond acceptors (Lipinski definition) is 3. The molecule has 0 saturated carbocycles. The summed E-state index contributed by atoms with van der Waals surface area (Å²) in [6, 6.07) is 3.57. The van der Waals surface area contributed by atoms with Gasteiger partial charge in [0, 0.05) is 0 Å². The topological polar surface area (TPSA) is 75.6 Å². The molecule has 1 aliphatic rings. The molecule has 0 spiro atoms. The van der Waals surface area contributed by atoms with Crippen LogP contribution in [0.15, 0.2) is 18.2 Å². The van der Waals surface area contributed by atoms with Gasteiger partial charge in [0.2, 0.25) is 0 Å². The Morgan fingerprint density at radius 3 is 2.84 bits per heavy atom. The van der Waals surface area contributed by atoms with Crippen molar-refractivity contribution in [1.82, 2.24) is 5.32 Å². The first-order valence-corrected chi connectivity index (χ1v) is 5.86. The summed E-state index contributed by atoms with van der Waals surface area (Å²) in [4.78, 5) is 22.9. The minimum Gasteiger partial charge on any atom is -0.481 e. The molecule has 2 rings (SSSR count). The summed E-state index contributed by atoms with van der Waals surface area (Å²) in [5.41, 5.74) is 0.667. The molecule has 102 valence electrons. The molecule has 1 saturated heterocycles. The number of benzene rings is 1. The van der Waals surface area contributed by atoms with Gasteiger partial charge < -0.3 is 15.2 Å². The lowest BCUT2D eigenvalue weighted by atomic mass is 10.0. The Bertz CT molecular complexity index is 517. The van der Waals surface area contributed by atoms with E-state index >= 15 is 0 Å². The van der Waals surface area contributed by atoms with Crippen LogP contribution in [0, 0.1) is 18.7 Å². The SMILES string of the molecule is Cc1ccc(F)c(C(=O)NC2COCC2C(=O)O)c1. The van der Waals surface area contributed by atoms with Crippen molar-refractivity contribution in [1.29, 1.82) is 0 Å². The zero-order valence-corrected chi connectivity index (χ0v) is 10.4. The molecule has 1 heterocycles. The van der Waals surface area contributed by atoms with Crippen molar-refractivity contribution >= 4 is 11.9 Å². The Labute approximate surface area is 109 Å². The fourth-order valence-corrected chi connectivity index (χ4v) is 2.00. The molecular weight excluding hydrogens is 253 g/mol. The van der Waals surface area contributed by atoms with E-state index in [1.807, 2.05) is 0 Å². The van der Waals surface area contributed by atoms with Gasteiger partial charge >= 0.3 is 5.97 Å². The number of carbonyl (C=O) groups is 2. The third kappa shape index (κ3) is 2.90. The highest BCUT2D eigenvalue weighted by atomic mass is 19.1. The number of aliphatic carboxylic acids is 1. The second-order valence-corrected chi connectivity index (χ2v) is 4.55. The number of ether oxygens (including phenoxy) is 1. The Hall–Kier alpha value is -1.95. The second-order valence-electron chi connectivity index (χ2n) is 4.55. The molecule has 6 heteroatoms. The predicted octanol–water partition coefficient (Wildman–Crippen LogP) is 0.964. The standard InChI is InChI=1S/C13H14FNO4/c1-7-2-3-10(14)8(4-7)12(16)15-11-6-19-5-9(11)13(17)18/h2-4,9,11H,5-6H2,1H3,(H,15,16)(H,17,18). The first kappa shape index (κ1) is 13.5. The van der Waals surface area contributed by atoms with E-state index in [0.717, 1.165) is 5.56 Å². The van der Waals surface area contributed by atoms with E-state index in [9.17, 15) is 14.0 Å². The van der Waals surface area contributed by atoms with E-state index in [0.29, 0.717) is 0 Å². The molecule has 1 fully saturated rings. The number of hydrogen-bond donors (Lipinski definition) is 2. The number of rotatable bonds is 3. The molecule has 0 radical (unpaired) electrons. The van der Waals surface area contributed by atoms with E-state index in [2.05, 4.69) is 5.32 Å². The maximum atomic E-state index is 13.5. The molecule has 5 nitrogen and oxygen atoms in total. The van der Waals surface area contributed by atoms with Gasteiger partial charge in [-0.2, -0.15) is 0 Å². The number of carboxylic acid groups (broad SMARTS) is 1. The molecule has 1 amide bonds. The van der Waals surface area contributed by atoms with Gasteiger partial charge in [-0.3, -0.25) is 9.59 Å². The van der Waals surface area contributed by atoms with E-state index in [4.69, 9.17) is 9.84 Å². The van der Waals surface area contributed by atoms with Crippen LogP contribution in [-0.2, 0) is 9.53 Å². The molecule has 2 atom stereocenters. The van der Waals surface area contributed by atoms with Gasteiger partial charge in [0.25, 0.3) is 5.91 Å². The van der Waals surface area contributed by atoms with Crippen LogP contribution in [0.4, 0.5) is 4.39 Å². The van der Waals surface area contributed by atoms with E-state index in [1.165, 1.54) is 12.1 Å². The summed E-state index contributed by atoms with van der Waals surface area (Å²) < 4.78 is 18.6. The molecule has 19 heavy (non-hydrogen) atoms. The average molecular weight is 267 g/mol. The lowest BCUT2D eigenvalue weighted by Gasteiger charge is -2.16. The summed E-state index contributed by atoms with van der Waals surface area (Å²) in [7, 11) is 0. The third-order valence-electron chi connectivity index (χ3n) is 3.08. The minimum absolute atomic E-state index is 0.0522. The van der Waals surface area contributed by atoms with Gasteiger partial charge in [-0.1, -0.05) is 11.6 Å². The summed E-state index contributed by atoms with van der Waals surface area (Å²) in [5.74, 6) is -3.08. The van der Waals surface area contributed by atoms with Gasteiger partial charge in [0.05, 0.1) is 24.8 Å². The van der Waals surface area contributed by atoms with Gasteiger partial charge in [-0.15, -0.1) is 0 Å². The second kappa shape index (κ2) is 5.36. The molecule has 2 N–H and O–H groups in total. The van der Waals surface area contributed by atoms with Crippen molar-refractivity contribution in [3.05, 3.63) is 35.1 Å². The van der Waals surface area contributed by atoms with E-state index in [-0.39, 0.29) is 18.8 Å². The number of carboxylic acids is 1. The van der Waals surface area contributed by atoms with Crippen molar-refractivity contribution in [2.24, 2.45) is 5.92 Å². The first-order chi connectivity index (χ1) is 8.99. The number of nitrogens with one attached hydrogen (secondary N) is 1. The number of amides is 1. The largest absolute Gasteiger partial charge is 0.481 e.